The van der Waals surface area contributed by atoms with Crippen LogP contribution in [-0.4, -0.2) is 36.2 Å². The number of anilines is 1. The molecule has 0 atom stereocenters. The number of aromatic carboxylic acids is 1. The molecule has 0 fully saturated rings. The van der Waals surface area contributed by atoms with Crippen LogP contribution in [0, 0.1) is 0 Å². The molecule has 0 aromatic carbocycles. The average Bonchev–Trinajstić information content (AvgIpc) is 2.82. The predicted octanol–water partition coefficient (Wildman–Crippen LogP) is 0.928. The summed E-state index contributed by atoms with van der Waals surface area (Å²) in [6.45, 7) is 0. The van der Waals surface area contributed by atoms with Crippen molar-refractivity contribution in [1.29, 1.82) is 0 Å². The highest BCUT2D eigenvalue weighted by Crippen LogP contribution is 2.19. The number of rotatable bonds is 5. The number of nitrogens with zero attached hydrogens (tertiary/aromatic N) is 2. The van der Waals surface area contributed by atoms with Crippen LogP contribution in [0.4, 0.5) is 5.69 Å². The second-order valence-electron chi connectivity index (χ2n) is 4.17. The van der Waals surface area contributed by atoms with Crippen LogP contribution in [0.3, 0.4) is 0 Å². The maximum atomic E-state index is 12.2. The van der Waals surface area contributed by atoms with Crippen molar-refractivity contribution in [1.82, 2.24) is 9.55 Å². The Labute approximate surface area is 121 Å². The maximum absolute atomic E-state index is 12.2. The summed E-state index contributed by atoms with van der Waals surface area (Å²) in [7, 11) is -0.979. The Morgan fingerprint density at radius 1 is 1.43 bits per heavy atom. The van der Waals surface area contributed by atoms with E-state index in [0.717, 1.165) is 6.07 Å². The van der Waals surface area contributed by atoms with Crippen LogP contribution in [0.5, 0.6) is 5.88 Å². The Bertz CT molecular complexity index is 765. The van der Waals surface area contributed by atoms with Crippen LogP contribution < -0.4 is 9.46 Å². The summed E-state index contributed by atoms with van der Waals surface area (Å²) in [5.74, 6) is -0.851. The Kier molecular flexibility index (Phi) is 3.85. The Morgan fingerprint density at radius 2 is 2.14 bits per heavy atom. The summed E-state index contributed by atoms with van der Waals surface area (Å²) in [6, 6.07) is 4.08. The third-order valence-corrected chi connectivity index (χ3v) is 4.06. The highest BCUT2D eigenvalue weighted by molar-refractivity contribution is 7.92. The highest BCUT2D eigenvalue weighted by Gasteiger charge is 2.20. The van der Waals surface area contributed by atoms with E-state index in [1.54, 1.807) is 0 Å². The van der Waals surface area contributed by atoms with Gasteiger partial charge in [0.1, 0.15) is 10.6 Å². The Balaban J connectivity index is 2.29. The number of carboxylic acids is 1. The lowest BCUT2D eigenvalue weighted by atomic mass is 10.4. The molecular formula is C12H13N3O5S. The van der Waals surface area contributed by atoms with E-state index < -0.39 is 16.0 Å². The molecule has 112 valence electrons. The zero-order valence-corrected chi connectivity index (χ0v) is 12.1. The number of aromatic nitrogens is 2. The first-order valence-electron chi connectivity index (χ1n) is 5.76. The van der Waals surface area contributed by atoms with Crippen LogP contribution in [0.1, 0.15) is 10.5 Å². The van der Waals surface area contributed by atoms with E-state index in [0.29, 0.717) is 5.88 Å². The lowest BCUT2D eigenvalue weighted by Crippen LogP contribution is -2.12. The molecule has 2 N–H and O–H groups in total. The zero-order chi connectivity index (χ0) is 15.6. The van der Waals surface area contributed by atoms with Crippen LogP contribution in [0.25, 0.3) is 0 Å². The van der Waals surface area contributed by atoms with Crippen molar-refractivity contribution >= 4 is 21.7 Å². The standard InChI is InChI=1S/C12H13N3O5S/c1-15-7-9(5-10(15)12(16)17)21(18,19)14-8-3-4-11(20-2)13-6-8/h3-7,14H,1-2H3,(H,16,17). The van der Waals surface area contributed by atoms with Crippen molar-refractivity contribution in [3.05, 3.63) is 36.3 Å². The first-order chi connectivity index (χ1) is 9.83. The third kappa shape index (κ3) is 3.14. The summed E-state index contributed by atoms with van der Waals surface area (Å²) in [5.41, 5.74) is 0.125. The molecule has 21 heavy (non-hydrogen) atoms. The minimum Gasteiger partial charge on any atom is -0.481 e. The molecule has 8 nitrogen and oxygen atoms in total. The van der Waals surface area contributed by atoms with Crippen LogP contribution in [0.2, 0.25) is 0 Å². The fourth-order valence-electron chi connectivity index (χ4n) is 1.67. The molecule has 0 aliphatic carbocycles. The number of methoxy groups -OCH3 is 1. The molecule has 9 heteroatoms. The van der Waals surface area contributed by atoms with E-state index in [-0.39, 0.29) is 16.3 Å². The number of hydrogen-bond donors (Lipinski definition) is 2. The molecule has 0 bridgehead atoms. The van der Waals surface area contributed by atoms with Gasteiger partial charge in [-0.15, -0.1) is 0 Å². The van der Waals surface area contributed by atoms with Crippen LogP contribution in [0.15, 0.2) is 35.5 Å². The van der Waals surface area contributed by atoms with Crippen LogP contribution >= 0.6 is 0 Å². The minimum absolute atomic E-state index is 0.122. The van der Waals surface area contributed by atoms with E-state index in [1.165, 1.54) is 43.3 Å². The van der Waals surface area contributed by atoms with Gasteiger partial charge in [0.15, 0.2) is 0 Å². The minimum atomic E-state index is -3.88. The number of ether oxygens (including phenoxy) is 1. The smallest absolute Gasteiger partial charge is 0.352 e. The molecule has 2 rings (SSSR count). The van der Waals surface area contributed by atoms with Crippen molar-refractivity contribution in [2.24, 2.45) is 7.05 Å². The monoisotopic (exact) mass is 311 g/mol. The number of pyridine rings is 1. The van der Waals surface area contributed by atoms with E-state index in [2.05, 4.69) is 9.71 Å². The summed E-state index contributed by atoms with van der Waals surface area (Å²) >= 11 is 0. The second-order valence-corrected chi connectivity index (χ2v) is 5.85. The number of nitrogens with one attached hydrogen (secondary N) is 1. The molecule has 0 radical (unpaired) electrons. The summed E-state index contributed by atoms with van der Waals surface area (Å²) < 4.78 is 32.7. The summed E-state index contributed by atoms with van der Waals surface area (Å²) in [4.78, 5) is 14.7. The van der Waals surface area contributed by atoms with Crippen molar-refractivity contribution in [3.8, 4) is 5.88 Å². The van der Waals surface area contributed by atoms with Gasteiger partial charge in [0, 0.05) is 19.3 Å². The van der Waals surface area contributed by atoms with Crippen molar-refractivity contribution in [2.75, 3.05) is 11.8 Å². The summed E-state index contributed by atoms with van der Waals surface area (Å²) in [5, 5.41) is 8.93. The normalized spacial score (nSPS) is 11.1. The number of sulfonamides is 1. The van der Waals surface area contributed by atoms with Gasteiger partial charge >= 0.3 is 5.97 Å². The second kappa shape index (κ2) is 5.44. The lowest BCUT2D eigenvalue weighted by Gasteiger charge is -2.06. The molecule has 2 aromatic rings. The molecule has 0 saturated heterocycles. The molecule has 0 aliphatic rings. The van der Waals surface area contributed by atoms with Gasteiger partial charge in [0.2, 0.25) is 5.88 Å². The fourth-order valence-corrected chi connectivity index (χ4v) is 2.78. The van der Waals surface area contributed by atoms with Gasteiger partial charge in [-0.05, 0) is 12.1 Å². The molecule has 0 spiro atoms. The fraction of sp³-hybridized carbons (Fsp3) is 0.167. The zero-order valence-electron chi connectivity index (χ0n) is 11.3. The lowest BCUT2D eigenvalue weighted by molar-refractivity contribution is 0.0686. The first-order valence-corrected chi connectivity index (χ1v) is 7.24. The maximum Gasteiger partial charge on any atom is 0.352 e. The van der Waals surface area contributed by atoms with Gasteiger partial charge in [0.25, 0.3) is 10.0 Å². The van der Waals surface area contributed by atoms with Crippen molar-refractivity contribution in [3.63, 3.8) is 0 Å². The topological polar surface area (TPSA) is 111 Å². The van der Waals surface area contributed by atoms with Gasteiger partial charge in [-0.3, -0.25) is 4.72 Å². The molecule has 0 amide bonds. The van der Waals surface area contributed by atoms with E-state index >= 15 is 0 Å². The molecular weight excluding hydrogens is 298 g/mol. The Hall–Kier alpha value is -2.55. The van der Waals surface area contributed by atoms with Gasteiger partial charge in [-0.1, -0.05) is 0 Å². The summed E-state index contributed by atoms with van der Waals surface area (Å²) in [6.07, 6.45) is 2.53. The average molecular weight is 311 g/mol. The largest absolute Gasteiger partial charge is 0.481 e. The highest BCUT2D eigenvalue weighted by atomic mass is 32.2. The van der Waals surface area contributed by atoms with E-state index in [9.17, 15) is 13.2 Å². The van der Waals surface area contributed by atoms with Crippen molar-refractivity contribution < 1.29 is 23.1 Å². The SMILES string of the molecule is COc1ccc(NS(=O)(=O)c2cc(C(=O)O)n(C)c2)cn1. The number of carbonyl (C=O) groups is 1. The molecule has 2 heterocycles. The molecule has 2 aromatic heterocycles. The van der Waals surface area contributed by atoms with Gasteiger partial charge < -0.3 is 14.4 Å². The quantitative estimate of drug-likeness (QED) is 0.849. The predicted molar refractivity (Wildman–Crippen MR) is 74.0 cm³/mol. The molecule has 0 saturated carbocycles. The first kappa shape index (κ1) is 14.9. The van der Waals surface area contributed by atoms with Gasteiger partial charge in [0.05, 0.1) is 19.0 Å². The Morgan fingerprint density at radius 3 is 2.62 bits per heavy atom. The molecule has 0 aliphatic heterocycles. The van der Waals surface area contributed by atoms with E-state index in [4.69, 9.17) is 9.84 Å². The number of aryl methyl sites for hydroxylation is 1. The van der Waals surface area contributed by atoms with Gasteiger partial charge in [-0.2, -0.15) is 0 Å². The van der Waals surface area contributed by atoms with Crippen LogP contribution in [-0.2, 0) is 17.1 Å². The third-order valence-electron chi connectivity index (χ3n) is 2.71. The van der Waals surface area contributed by atoms with Crippen molar-refractivity contribution in [2.45, 2.75) is 4.90 Å². The number of hydrogen-bond acceptors (Lipinski definition) is 5. The van der Waals surface area contributed by atoms with E-state index in [1.807, 2.05) is 0 Å². The number of carboxylic acid groups (broad SMARTS) is 1. The molecule has 0 unspecified atom stereocenters. The van der Waals surface area contributed by atoms with Gasteiger partial charge in [-0.25, -0.2) is 18.2 Å².